The van der Waals surface area contributed by atoms with Gasteiger partial charge in [0.1, 0.15) is 0 Å². The van der Waals surface area contributed by atoms with E-state index in [9.17, 15) is 9.59 Å². The number of rotatable bonds is 5. The maximum Gasteiger partial charge on any atom is 0.228 e. The number of benzene rings is 2. The van der Waals surface area contributed by atoms with Crippen LogP contribution in [0, 0.1) is 11.8 Å². The predicted octanol–water partition coefficient (Wildman–Crippen LogP) is 4.44. The average molecular weight is 364 g/mol. The van der Waals surface area contributed by atoms with E-state index in [2.05, 4.69) is 31.4 Å². The van der Waals surface area contributed by atoms with Crippen LogP contribution >= 0.6 is 0 Å². The summed E-state index contributed by atoms with van der Waals surface area (Å²) < 4.78 is 0. The summed E-state index contributed by atoms with van der Waals surface area (Å²) in [5.74, 6) is -0.596. The number of nitrogens with one attached hydrogen (secondary N) is 2. The van der Waals surface area contributed by atoms with Crippen molar-refractivity contribution in [2.75, 3.05) is 5.32 Å². The Hall–Kier alpha value is -2.62. The standard InChI is InChI=1S/C23H28N2O2/c1-15(16-8-6-5-7-9-16)24-21(26)19-14-20(19)22(27)25-18-12-10-17(11-13-18)23(2,3)4/h5-13,15,19-20H,14H2,1-4H3,(H,24,26)(H,25,27). The zero-order chi connectivity index (χ0) is 19.6. The lowest BCUT2D eigenvalue weighted by Crippen LogP contribution is -2.29. The Morgan fingerprint density at radius 3 is 2.11 bits per heavy atom. The molecule has 142 valence electrons. The van der Waals surface area contributed by atoms with Gasteiger partial charge in [-0.25, -0.2) is 0 Å². The molecule has 0 saturated heterocycles. The molecule has 0 radical (unpaired) electrons. The molecular weight excluding hydrogens is 336 g/mol. The Kier molecular flexibility index (Phi) is 5.36. The molecule has 2 amide bonds. The Morgan fingerprint density at radius 2 is 1.52 bits per heavy atom. The summed E-state index contributed by atoms with van der Waals surface area (Å²) in [7, 11) is 0. The SMILES string of the molecule is CC(NC(=O)C1CC1C(=O)Nc1ccc(C(C)(C)C)cc1)c1ccccc1. The fourth-order valence-electron chi connectivity index (χ4n) is 3.21. The minimum atomic E-state index is -0.240. The number of carbonyl (C=O) groups excluding carboxylic acids is 2. The lowest BCUT2D eigenvalue weighted by Gasteiger charge is -2.19. The molecule has 0 aromatic heterocycles. The highest BCUT2D eigenvalue weighted by molar-refractivity contribution is 5.99. The molecule has 3 rings (SSSR count). The summed E-state index contributed by atoms with van der Waals surface area (Å²) in [6, 6.07) is 17.7. The smallest absolute Gasteiger partial charge is 0.228 e. The third kappa shape index (κ3) is 4.76. The average Bonchev–Trinajstić information content (AvgIpc) is 3.43. The molecule has 0 spiro atoms. The third-order valence-electron chi connectivity index (χ3n) is 5.14. The molecule has 0 heterocycles. The quantitative estimate of drug-likeness (QED) is 0.824. The van der Waals surface area contributed by atoms with Gasteiger partial charge in [0.2, 0.25) is 11.8 Å². The van der Waals surface area contributed by atoms with Crippen molar-refractivity contribution in [3.63, 3.8) is 0 Å². The highest BCUT2D eigenvalue weighted by atomic mass is 16.2. The largest absolute Gasteiger partial charge is 0.349 e. The van der Waals surface area contributed by atoms with Crippen LogP contribution in [-0.4, -0.2) is 11.8 Å². The minimum absolute atomic E-state index is 0.0467. The second kappa shape index (κ2) is 7.55. The summed E-state index contributed by atoms with van der Waals surface area (Å²) in [6.45, 7) is 8.43. The van der Waals surface area contributed by atoms with E-state index < -0.39 is 0 Å². The van der Waals surface area contributed by atoms with Crippen molar-refractivity contribution >= 4 is 17.5 Å². The molecule has 3 unspecified atom stereocenters. The fraction of sp³-hybridized carbons (Fsp3) is 0.391. The summed E-state index contributed by atoms with van der Waals surface area (Å²) >= 11 is 0. The second-order valence-corrected chi connectivity index (χ2v) is 8.41. The molecule has 1 fully saturated rings. The Morgan fingerprint density at radius 1 is 0.926 bits per heavy atom. The highest BCUT2D eigenvalue weighted by Crippen LogP contribution is 2.40. The fourth-order valence-corrected chi connectivity index (χ4v) is 3.21. The summed E-state index contributed by atoms with van der Waals surface area (Å²) in [5, 5.41) is 5.95. The van der Waals surface area contributed by atoms with Crippen molar-refractivity contribution in [3.8, 4) is 0 Å². The van der Waals surface area contributed by atoms with Crippen molar-refractivity contribution in [2.45, 2.75) is 45.6 Å². The summed E-state index contributed by atoms with van der Waals surface area (Å²) in [5.41, 5.74) is 3.14. The predicted molar refractivity (Wildman–Crippen MR) is 108 cm³/mol. The van der Waals surface area contributed by atoms with Crippen molar-refractivity contribution in [3.05, 3.63) is 65.7 Å². The van der Waals surface area contributed by atoms with Gasteiger partial charge in [-0.05, 0) is 42.0 Å². The number of hydrogen-bond acceptors (Lipinski definition) is 2. The molecule has 27 heavy (non-hydrogen) atoms. The molecule has 4 heteroatoms. The topological polar surface area (TPSA) is 58.2 Å². The van der Waals surface area contributed by atoms with Crippen LogP contribution < -0.4 is 10.6 Å². The van der Waals surface area contributed by atoms with Crippen LogP contribution in [-0.2, 0) is 15.0 Å². The maximum absolute atomic E-state index is 12.4. The first-order valence-corrected chi connectivity index (χ1v) is 9.52. The first kappa shape index (κ1) is 19.2. The van der Waals surface area contributed by atoms with Crippen LogP contribution in [0.1, 0.15) is 51.3 Å². The monoisotopic (exact) mass is 364 g/mol. The Labute approximate surface area is 161 Å². The molecule has 1 aliphatic rings. The molecule has 2 aromatic rings. The van der Waals surface area contributed by atoms with Crippen molar-refractivity contribution < 1.29 is 9.59 Å². The van der Waals surface area contributed by atoms with E-state index in [0.717, 1.165) is 11.3 Å². The van der Waals surface area contributed by atoms with Crippen LogP contribution in [0.5, 0.6) is 0 Å². The zero-order valence-electron chi connectivity index (χ0n) is 16.5. The second-order valence-electron chi connectivity index (χ2n) is 8.41. The lowest BCUT2D eigenvalue weighted by molar-refractivity contribution is -0.125. The van der Waals surface area contributed by atoms with Gasteiger partial charge in [-0.15, -0.1) is 0 Å². The Balaban J connectivity index is 1.52. The molecule has 4 nitrogen and oxygen atoms in total. The van der Waals surface area contributed by atoms with Gasteiger partial charge in [0.25, 0.3) is 0 Å². The van der Waals surface area contributed by atoms with Crippen molar-refractivity contribution in [2.24, 2.45) is 11.8 Å². The van der Waals surface area contributed by atoms with Crippen LogP contribution in [0.25, 0.3) is 0 Å². The van der Waals surface area contributed by atoms with Gasteiger partial charge >= 0.3 is 0 Å². The van der Waals surface area contributed by atoms with Gasteiger partial charge in [-0.3, -0.25) is 9.59 Å². The van der Waals surface area contributed by atoms with E-state index >= 15 is 0 Å². The number of amides is 2. The number of carbonyl (C=O) groups is 2. The number of hydrogen-bond donors (Lipinski definition) is 2. The third-order valence-corrected chi connectivity index (χ3v) is 5.14. The van der Waals surface area contributed by atoms with Crippen molar-refractivity contribution in [1.82, 2.24) is 5.32 Å². The van der Waals surface area contributed by atoms with E-state index in [1.165, 1.54) is 5.56 Å². The van der Waals surface area contributed by atoms with Gasteiger partial charge < -0.3 is 10.6 Å². The van der Waals surface area contributed by atoms with E-state index in [-0.39, 0.29) is 35.1 Å². The van der Waals surface area contributed by atoms with E-state index in [0.29, 0.717) is 6.42 Å². The molecule has 0 bridgehead atoms. The molecule has 1 aliphatic carbocycles. The van der Waals surface area contributed by atoms with E-state index in [1.54, 1.807) is 0 Å². The normalized spacial score (nSPS) is 19.9. The van der Waals surface area contributed by atoms with Gasteiger partial charge in [-0.1, -0.05) is 63.2 Å². The van der Waals surface area contributed by atoms with Crippen molar-refractivity contribution in [1.29, 1.82) is 0 Å². The van der Waals surface area contributed by atoms with Gasteiger partial charge in [0, 0.05) is 5.69 Å². The van der Waals surface area contributed by atoms with Crippen LogP contribution in [0.4, 0.5) is 5.69 Å². The van der Waals surface area contributed by atoms with Gasteiger partial charge in [0.15, 0.2) is 0 Å². The zero-order valence-corrected chi connectivity index (χ0v) is 16.5. The van der Waals surface area contributed by atoms with Gasteiger partial charge in [-0.2, -0.15) is 0 Å². The molecule has 0 aliphatic heterocycles. The minimum Gasteiger partial charge on any atom is -0.349 e. The lowest BCUT2D eigenvalue weighted by atomic mass is 9.87. The molecule has 2 aromatic carbocycles. The van der Waals surface area contributed by atoms with E-state index in [4.69, 9.17) is 0 Å². The van der Waals surface area contributed by atoms with Crippen LogP contribution in [0.3, 0.4) is 0 Å². The first-order valence-electron chi connectivity index (χ1n) is 9.52. The molecular formula is C23H28N2O2. The van der Waals surface area contributed by atoms with Crippen LogP contribution in [0.2, 0.25) is 0 Å². The summed E-state index contributed by atoms with van der Waals surface area (Å²) in [6.07, 6.45) is 0.610. The first-order chi connectivity index (χ1) is 12.8. The molecule has 1 saturated carbocycles. The number of anilines is 1. The van der Waals surface area contributed by atoms with Gasteiger partial charge in [0.05, 0.1) is 17.9 Å². The summed E-state index contributed by atoms with van der Waals surface area (Å²) in [4.78, 5) is 24.9. The molecule has 3 atom stereocenters. The molecule has 2 N–H and O–H groups in total. The highest BCUT2D eigenvalue weighted by Gasteiger charge is 2.48. The van der Waals surface area contributed by atoms with Crippen LogP contribution in [0.15, 0.2) is 54.6 Å². The maximum atomic E-state index is 12.4. The Bertz CT molecular complexity index is 807. The van der Waals surface area contributed by atoms with E-state index in [1.807, 2.05) is 61.5 Å².